The number of halogens is 4. The molecule has 1 amide bonds. The number of hydrogen-bond acceptors (Lipinski definition) is 7. The number of piperazine rings is 1. The summed E-state index contributed by atoms with van der Waals surface area (Å²) >= 11 is 13.7. The van der Waals surface area contributed by atoms with Gasteiger partial charge in [-0.05, 0) is 35.9 Å². The summed E-state index contributed by atoms with van der Waals surface area (Å²) in [7, 11) is 0. The average Bonchev–Trinajstić information content (AvgIpc) is 3.22. The van der Waals surface area contributed by atoms with E-state index in [9.17, 15) is 9.18 Å². The first-order valence-corrected chi connectivity index (χ1v) is 11.7. The van der Waals surface area contributed by atoms with Crippen molar-refractivity contribution in [3.05, 3.63) is 52.8 Å². The molecule has 7 nitrogen and oxygen atoms in total. The number of nitrogens with zero attached hydrogens (tertiary/aromatic N) is 5. The van der Waals surface area contributed by atoms with Crippen LogP contribution in [0.1, 0.15) is 0 Å². The number of rotatable bonds is 3. The smallest absolute Gasteiger partial charge is 0.246 e. The van der Waals surface area contributed by atoms with Gasteiger partial charge in [-0.3, -0.25) is 4.79 Å². The second-order valence-electron chi connectivity index (χ2n) is 7.60. The summed E-state index contributed by atoms with van der Waals surface area (Å²) in [6, 6.07) is 4.19. The third kappa shape index (κ3) is 3.71. The molecule has 34 heavy (non-hydrogen) atoms. The van der Waals surface area contributed by atoms with Crippen LogP contribution in [0.5, 0.6) is 0 Å². The van der Waals surface area contributed by atoms with Crippen molar-refractivity contribution >= 4 is 72.5 Å². The number of anilines is 2. The summed E-state index contributed by atoms with van der Waals surface area (Å²) in [5, 5.41) is 0.467. The number of carbonyl (C=O) groups is 1. The number of thiazole rings is 1. The standard InChI is InChI=1S/C22H16Cl2F2N6OS/c1-2-14(33)31-5-7-32(8-6-31)20-11-9-12(23)15(16(26)17(11)28-21(24)30-20)10-3-4-13(25)19-18(10)29-22(27)34-19/h2-4,9H,1,5-8H2,(H2,27,29). The van der Waals surface area contributed by atoms with E-state index in [0.29, 0.717) is 42.9 Å². The summed E-state index contributed by atoms with van der Waals surface area (Å²) in [5.41, 5.74) is 6.27. The molecule has 4 aromatic rings. The average molecular weight is 521 g/mol. The zero-order valence-electron chi connectivity index (χ0n) is 17.5. The Kier molecular flexibility index (Phi) is 5.75. The Morgan fingerprint density at radius 2 is 1.85 bits per heavy atom. The molecule has 1 aliphatic rings. The Morgan fingerprint density at radius 3 is 2.56 bits per heavy atom. The highest BCUT2D eigenvalue weighted by atomic mass is 35.5. The fourth-order valence-electron chi connectivity index (χ4n) is 4.10. The van der Waals surface area contributed by atoms with Crippen LogP contribution in [-0.2, 0) is 4.79 Å². The minimum Gasteiger partial charge on any atom is -0.375 e. The van der Waals surface area contributed by atoms with Crippen molar-refractivity contribution in [3.63, 3.8) is 0 Å². The van der Waals surface area contributed by atoms with Crippen molar-refractivity contribution in [2.45, 2.75) is 0 Å². The molecule has 0 bridgehead atoms. The molecule has 0 atom stereocenters. The van der Waals surface area contributed by atoms with Crippen LogP contribution >= 0.6 is 34.5 Å². The summed E-state index contributed by atoms with van der Waals surface area (Å²) in [6.45, 7) is 5.32. The van der Waals surface area contributed by atoms with Crippen LogP contribution in [0.15, 0.2) is 30.9 Å². The number of benzene rings is 2. The van der Waals surface area contributed by atoms with Gasteiger partial charge in [0.25, 0.3) is 0 Å². The highest BCUT2D eigenvalue weighted by Crippen LogP contribution is 2.42. The highest BCUT2D eigenvalue weighted by molar-refractivity contribution is 7.22. The summed E-state index contributed by atoms with van der Waals surface area (Å²) < 4.78 is 30.4. The number of nitrogens with two attached hydrogens (primary N) is 1. The van der Waals surface area contributed by atoms with E-state index in [1.54, 1.807) is 11.0 Å². The Morgan fingerprint density at radius 1 is 1.12 bits per heavy atom. The highest BCUT2D eigenvalue weighted by Gasteiger charge is 2.26. The second kappa shape index (κ2) is 8.61. The van der Waals surface area contributed by atoms with E-state index in [0.717, 1.165) is 11.3 Å². The molecule has 0 spiro atoms. The largest absolute Gasteiger partial charge is 0.375 e. The maximum absolute atomic E-state index is 15.9. The first-order chi connectivity index (χ1) is 16.3. The molecule has 1 fully saturated rings. The van der Waals surface area contributed by atoms with Gasteiger partial charge in [0.15, 0.2) is 10.9 Å². The number of nitrogen functional groups attached to an aromatic ring is 1. The van der Waals surface area contributed by atoms with E-state index >= 15 is 4.39 Å². The van der Waals surface area contributed by atoms with Gasteiger partial charge in [-0.15, -0.1) is 0 Å². The van der Waals surface area contributed by atoms with Gasteiger partial charge in [0, 0.05) is 42.7 Å². The molecule has 5 rings (SSSR count). The molecule has 0 radical (unpaired) electrons. The number of hydrogen-bond donors (Lipinski definition) is 1. The lowest BCUT2D eigenvalue weighted by atomic mass is 10.0. The van der Waals surface area contributed by atoms with Crippen molar-refractivity contribution in [1.82, 2.24) is 19.9 Å². The van der Waals surface area contributed by atoms with E-state index in [4.69, 9.17) is 28.9 Å². The van der Waals surface area contributed by atoms with Crippen molar-refractivity contribution in [2.24, 2.45) is 0 Å². The molecule has 2 aromatic heterocycles. The van der Waals surface area contributed by atoms with Gasteiger partial charge < -0.3 is 15.5 Å². The Hall–Kier alpha value is -3.08. The van der Waals surface area contributed by atoms with Gasteiger partial charge in [-0.2, -0.15) is 4.98 Å². The normalized spacial score (nSPS) is 14.2. The first kappa shape index (κ1) is 22.7. The van der Waals surface area contributed by atoms with E-state index in [2.05, 4.69) is 21.5 Å². The van der Waals surface area contributed by atoms with Gasteiger partial charge in [-0.1, -0.05) is 29.5 Å². The van der Waals surface area contributed by atoms with Crippen molar-refractivity contribution in [1.29, 1.82) is 0 Å². The summed E-state index contributed by atoms with van der Waals surface area (Å²) in [5.74, 6) is -0.979. The molecule has 3 heterocycles. The topological polar surface area (TPSA) is 88.2 Å². The van der Waals surface area contributed by atoms with Crippen molar-refractivity contribution < 1.29 is 13.6 Å². The lowest BCUT2D eigenvalue weighted by Crippen LogP contribution is -2.48. The van der Waals surface area contributed by atoms with Gasteiger partial charge >= 0.3 is 0 Å². The fraction of sp³-hybridized carbons (Fsp3) is 0.182. The van der Waals surface area contributed by atoms with Crippen LogP contribution in [0.2, 0.25) is 10.3 Å². The predicted molar refractivity (Wildman–Crippen MR) is 131 cm³/mol. The van der Waals surface area contributed by atoms with Crippen LogP contribution < -0.4 is 10.6 Å². The minimum absolute atomic E-state index is 0.0200. The fourth-order valence-corrected chi connectivity index (χ4v) is 5.33. The SMILES string of the molecule is C=CC(=O)N1CCN(c2nc(Cl)nc3c(F)c(-c4ccc(F)c5sc(N)nc45)c(Cl)cc23)CC1. The molecule has 12 heteroatoms. The Labute approximate surface area is 206 Å². The lowest BCUT2D eigenvalue weighted by Gasteiger charge is -2.35. The molecule has 2 aromatic carbocycles. The number of aromatic nitrogens is 3. The van der Waals surface area contributed by atoms with Crippen LogP contribution in [-0.4, -0.2) is 51.9 Å². The molecular formula is C22H16Cl2F2N6OS. The third-order valence-corrected chi connectivity index (χ3v) is 7.04. The number of fused-ring (bicyclic) bond motifs is 2. The summed E-state index contributed by atoms with van der Waals surface area (Å²) in [4.78, 5) is 28.1. The van der Waals surface area contributed by atoms with Crippen LogP contribution in [0.4, 0.5) is 19.7 Å². The maximum atomic E-state index is 15.9. The van der Waals surface area contributed by atoms with Crippen molar-refractivity contribution in [3.8, 4) is 11.1 Å². The molecule has 1 aliphatic heterocycles. The Bertz CT molecular complexity index is 1490. The van der Waals surface area contributed by atoms with Crippen LogP contribution in [0, 0.1) is 11.6 Å². The minimum atomic E-state index is -0.729. The van der Waals surface area contributed by atoms with E-state index in [1.165, 1.54) is 18.2 Å². The van der Waals surface area contributed by atoms with Crippen molar-refractivity contribution in [2.75, 3.05) is 36.8 Å². The molecule has 0 unspecified atom stereocenters. The van der Waals surface area contributed by atoms with Gasteiger partial charge in [0.2, 0.25) is 11.2 Å². The molecule has 1 saturated heterocycles. The predicted octanol–water partition coefficient (Wildman–Crippen LogP) is 4.91. The number of amides is 1. The van der Waals surface area contributed by atoms with E-state index in [-0.39, 0.29) is 42.6 Å². The quantitative estimate of drug-likeness (QED) is 0.305. The summed E-state index contributed by atoms with van der Waals surface area (Å²) in [6.07, 6.45) is 1.27. The van der Waals surface area contributed by atoms with E-state index < -0.39 is 11.6 Å². The van der Waals surface area contributed by atoms with E-state index in [1.807, 2.05) is 4.90 Å². The molecular weight excluding hydrogens is 505 g/mol. The first-order valence-electron chi connectivity index (χ1n) is 10.1. The monoisotopic (exact) mass is 520 g/mol. The van der Waals surface area contributed by atoms with Crippen LogP contribution in [0.25, 0.3) is 32.2 Å². The molecule has 0 aliphatic carbocycles. The zero-order valence-corrected chi connectivity index (χ0v) is 19.8. The number of carbonyl (C=O) groups excluding carboxylic acids is 1. The third-order valence-electron chi connectivity index (χ3n) is 5.68. The molecule has 174 valence electrons. The maximum Gasteiger partial charge on any atom is 0.246 e. The molecule has 0 saturated carbocycles. The second-order valence-corrected chi connectivity index (χ2v) is 9.38. The molecule has 2 N–H and O–H groups in total. The van der Waals surface area contributed by atoms with Gasteiger partial charge in [-0.25, -0.2) is 18.7 Å². The lowest BCUT2D eigenvalue weighted by molar-refractivity contribution is -0.126. The van der Waals surface area contributed by atoms with Gasteiger partial charge in [0.1, 0.15) is 17.2 Å². The Balaban J connectivity index is 1.65. The van der Waals surface area contributed by atoms with Crippen LogP contribution in [0.3, 0.4) is 0 Å². The van der Waals surface area contributed by atoms with Gasteiger partial charge in [0.05, 0.1) is 15.2 Å². The zero-order chi connectivity index (χ0) is 24.1.